The van der Waals surface area contributed by atoms with Gasteiger partial charge in [-0.25, -0.2) is 0 Å². The number of aliphatic hydroxyl groups excluding tert-OH is 3. The Morgan fingerprint density at radius 1 is 0.939 bits per heavy atom. The van der Waals surface area contributed by atoms with Crippen LogP contribution in [0.1, 0.15) is 71.1 Å². The summed E-state index contributed by atoms with van der Waals surface area (Å²) in [6.45, 7) is 2.44. The van der Waals surface area contributed by atoms with Crippen molar-refractivity contribution in [3.05, 3.63) is 24.3 Å². The molecule has 0 bridgehead atoms. The standard InChI is InChI=1S/C25H45NO7/c1-5-6-10-14-22(28)23(29)17-16-20(27)13-11-8-7-9-12-15-25(32)33-21(18-24(30)31)19-26(2,3)4/h6,10,16-17,20-23,27-29H,5,7-9,11-15,18-19H2,1-4H3/p+1/b10-6+,17-16+. The molecule has 0 aliphatic carbocycles. The number of ether oxygens (including phenoxy) is 1. The Morgan fingerprint density at radius 3 is 2.18 bits per heavy atom. The minimum absolute atomic E-state index is 0.191. The number of aliphatic carboxylic acids is 1. The second kappa shape index (κ2) is 17.7. The quantitative estimate of drug-likeness (QED) is 0.0986. The van der Waals surface area contributed by atoms with Gasteiger partial charge in [0.1, 0.15) is 6.54 Å². The fraction of sp³-hybridized carbons (Fsp3) is 0.760. The maximum absolute atomic E-state index is 12.0. The van der Waals surface area contributed by atoms with E-state index in [4.69, 9.17) is 9.84 Å². The van der Waals surface area contributed by atoms with Crippen LogP contribution in [-0.2, 0) is 14.3 Å². The number of carboxylic acid groups (broad SMARTS) is 1. The van der Waals surface area contributed by atoms with Gasteiger partial charge in [0.05, 0.1) is 45.9 Å². The lowest BCUT2D eigenvalue weighted by Gasteiger charge is -2.28. The van der Waals surface area contributed by atoms with Crippen LogP contribution in [-0.4, -0.2) is 89.0 Å². The summed E-state index contributed by atoms with van der Waals surface area (Å²) >= 11 is 0. The highest BCUT2D eigenvalue weighted by Crippen LogP contribution is 2.12. The largest absolute Gasteiger partial charge is 0.481 e. The molecule has 0 aliphatic heterocycles. The molecule has 33 heavy (non-hydrogen) atoms. The zero-order valence-corrected chi connectivity index (χ0v) is 20.9. The third-order valence-electron chi connectivity index (χ3n) is 5.04. The number of rotatable bonds is 19. The number of nitrogens with zero attached hydrogens (tertiary/aromatic N) is 1. The van der Waals surface area contributed by atoms with Crippen LogP contribution in [0.5, 0.6) is 0 Å². The molecule has 0 aromatic rings. The molecular formula is C25H46NO7+. The average Bonchev–Trinajstić information content (AvgIpc) is 2.69. The predicted molar refractivity (Wildman–Crippen MR) is 129 cm³/mol. The number of hydrogen-bond donors (Lipinski definition) is 4. The average molecular weight is 473 g/mol. The number of unbranched alkanes of at least 4 members (excludes halogenated alkanes) is 4. The number of carbonyl (C=O) groups is 2. The normalized spacial score (nSPS) is 16.1. The van der Waals surface area contributed by atoms with Crippen LogP contribution < -0.4 is 0 Å². The van der Waals surface area contributed by atoms with Crippen LogP contribution in [0.4, 0.5) is 0 Å². The molecule has 0 saturated carbocycles. The summed E-state index contributed by atoms with van der Waals surface area (Å²) in [5.74, 6) is -1.34. The maximum Gasteiger partial charge on any atom is 0.307 e. The van der Waals surface area contributed by atoms with E-state index in [2.05, 4.69) is 0 Å². The van der Waals surface area contributed by atoms with Gasteiger partial charge >= 0.3 is 11.9 Å². The lowest BCUT2D eigenvalue weighted by Crippen LogP contribution is -2.43. The third-order valence-corrected chi connectivity index (χ3v) is 5.04. The molecule has 4 atom stereocenters. The van der Waals surface area contributed by atoms with Gasteiger partial charge in [0.2, 0.25) is 0 Å². The number of hydrogen-bond acceptors (Lipinski definition) is 6. The molecule has 4 N–H and O–H groups in total. The summed E-state index contributed by atoms with van der Waals surface area (Å²) in [7, 11) is 5.77. The summed E-state index contributed by atoms with van der Waals surface area (Å²) in [6, 6.07) is 0. The van der Waals surface area contributed by atoms with E-state index < -0.39 is 30.4 Å². The van der Waals surface area contributed by atoms with E-state index >= 15 is 0 Å². The summed E-state index contributed by atoms with van der Waals surface area (Å²) in [4.78, 5) is 23.0. The molecule has 192 valence electrons. The van der Waals surface area contributed by atoms with Crippen molar-refractivity contribution >= 4 is 11.9 Å². The number of carbonyl (C=O) groups excluding carboxylic acids is 1. The maximum atomic E-state index is 12.0. The first kappa shape index (κ1) is 31.3. The minimum Gasteiger partial charge on any atom is -0.481 e. The molecule has 8 heteroatoms. The Balaban J connectivity index is 3.99. The summed E-state index contributed by atoms with van der Waals surface area (Å²) in [6.07, 6.45) is 9.65. The molecule has 0 fully saturated rings. The molecule has 0 heterocycles. The van der Waals surface area contributed by atoms with Crippen LogP contribution in [0.15, 0.2) is 24.3 Å². The Hall–Kier alpha value is -1.74. The van der Waals surface area contributed by atoms with Gasteiger partial charge in [0.15, 0.2) is 6.10 Å². The van der Waals surface area contributed by atoms with Crippen LogP contribution in [0.3, 0.4) is 0 Å². The van der Waals surface area contributed by atoms with E-state index in [1.165, 1.54) is 12.2 Å². The van der Waals surface area contributed by atoms with Gasteiger partial charge in [-0.1, -0.05) is 56.9 Å². The topological polar surface area (TPSA) is 124 Å². The van der Waals surface area contributed by atoms with E-state index in [0.717, 1.165) is 32.1 Å². The highest BCUT2D eigenvalue weighted by atomic mass is 16.5. The van der Waals surface area contributed by atoms with Crippen molar-refractivity contribution in [1.82, 2.24) is 0 Å². The van der Waals surface area contributed by atoms with Crippen molar-refractivity contribution in [2.45, 2.75) is 95.5 Å². The van der Waals surface area contributed by atoms with E-state index in [0.29, 0.717) is 30.3 Å². The molecule has 0 rings (SSSR count). The molecular weight excluding hydrogens is 426 g/mol. The zero-order chi connectivity index (χ0) is 25.3. The first-order chi connectivity index (χ1) is 15.4. The van der Waals surface area contributed by atoms with E-state index in [1.54, 1.807) is 0 Å². The van der Waals surface area contributed by atoms with Crippen LogP contribution in [0.25, 0.3) is 0 Å². The molecule has 0 radical (unpaired) electrons. The fourth-order valence-electron chi connectivity index (χ4n) is 3.36. The number of esters is 1. The number of allylic oxidation sites excluding steroid dienone is 1. The van der Waals surface area contributed by atoms with E-state index in [-0.39, 0.29) is 18.8 Å². The van der Waals surface area contributed by atoms with Crippen LogP contribution in [0.2, 0.25) is 0 Å². The SMILES string of the molecule is CC/C=C/CC(O)C(O)/C=C/C(O)CCCCCCCC(=O)OC(CC(=O)O)C[N+](C)(C)C. The lowest BCUT2D eigenvalue weighted by molar-refractivity contribution is -0.873. The summed E-state index contributed by atoms with van der Waals surface area (Å²) in [5.41, 5.74) is 0. The predicted octanol–water partition coefficient (Wildman–Crippen LogP) is 2.81. The molecule has 8 nitrogen and oxygen atoms in total. The van der Waals surface area contributed by atoms with Crippen molar-refractivity contribution in [2.75, 3.05) is 27.7 Å². The van der Waals surface area contributed by atoms with Crippen molar-refractivity contribution < 1.29 is 39.2 Å². The zero-order valence-electron chi connectivity index (χ0n) is 20.9. The molecule has 0 aliphatic rings. The number of quaternary nitrogens is 1. The smallest absolute Gasteiger partial charge is 0.307 e. The first-order valence-corrected chi connectivity index (χ1v) is 12.0. The fourth-order valence-corrected chi connectivity index (χ4v) is 3.36. The number of aliphatic hydroxyl groups is 3. The molecule has 0 aromatic carbocycles. The summed E-state index contributed by atoms with van der Waals surface area (Å²) < 4.78 is 5.88. The Bertz CT molecular complexity index is 598. The molecule has 0 spiro atoms. The van der Waals surface area contributed by atoms with Gasteiger partial charge in [-0.2, -0.15) is 0 Å². The minimum atomic E-state index is -1.00. The molecule has 0 saturated heterocycles. The van der Waals surface area contributed by atoms with Gasteiger partial charge in [0, 0.05) is 6.42 Å². The highest BCUT2D eigenvalue weighted by molar-refractivity contribution is 5.71. The van der Waals surface area contributed by atoms with Gasteiger partial charge in [-0.05, 0) is 25.7 Å². The van der Waals surface area contributed by atoms with Crippen molar-refractivity contribution in [3.8, 4) is 0 Å². The van der Waals surface area contributed by atoms with Crippen LogP contribution >= 0.6 is 0 Å². The highest BCUT2D eigenvalue weighted by Gasteiger charge is 2.24. The first-order valence-electron chi connectivity index (χ1n) is 12.0. The molecule has 4 unspecified atom stereocenters. The number of likely N-dealkylation sites (N-methyl/N-ethyl adjacent to an activating group) is 1. The summed E-state index contributed by atoms with van der Waals surface area (Å²) in [5, 5.41) is 38.7. The van der Waals surface area contributed by atoms with E-state index in [9.17, 15) is 24.9 Å². The van der Waals surface area contributed by atoms with Crippen molar-refractivity contribution in [1.29, 1.82) is 0 Å². The Labute approximate surface area is 199 Å². The molecule has 0 aromatic heterocycles. The second-order valence-electron chi connectivity index (χ2n) is 9.61. The van der Waals surface area contributed by atoms with E-state index in [1.807, 2.05) is 40.2 Å². The van der Waals surface area contributed by atoms with Gasteiger partial charge in [-0.15, -0.1) is 0 Å². The lowest BCUT2D eigenvalue weighted by atomic mass is 10.0. The third kappa shape index (κ3) is 19.4. The Morgan fingerprint density at radius 2 is 1.58 bits per heavy atom. The monoisotopic (exact) mass is 472 g/mol. The van der Waals surface area contributed by atoms with Crippen molar-refractivity contribution in [2.24, 2.45) is 0 Å². The van der Waals surface area contributed by atoms with Gasteiger partial charge < -0.3 is 29.6 Å². The van der Waals surface area contributed by atoms with Gasteiger partial charge in [0.25, 0.3) is 0 Å². The van der Waals surface area contributed by atoms with Crippen molar-refractivity contribution in [3.63, 3.8) is 0 Å². The van der Waals surface area contributed by atoms with Gasteiger partial charge in [-0.3, -0.25) is 9.59 Å². The second-order valence-corrected chi connectivity index (χ2v) is 9.61. The Kier molecular flexibility index (Phi) is 16.8. The van der Waals surface area contributed by atoms with Crippen LogP contribution in [0, 0.1) is 0 Å². The number of carboxylic acids is 1. The molecule has 0 amide bonds.